The summed E-state index contributed by atoms with van der Waals surface area (Å²) < 4.78 is 11.9. The Kier molecular flexibility index (Phi) is 6.20. The summed E-state index contributed by atoms with van der Waals surface area (Å²) in [5.74, 6) is 0. The van der Waals surface area contributed by atoms with Crippen LogP contribution in [0.1, 0.15) is 29.4 Å². The summed E-state index contributed by atoms with van der Waals surface area (Å²) in [7, 11) is 0. The normalized spacial score (nSPS) is 14.9. The van der Waals surface area contributed by atoms with E-state index in [0.29, 0.717) is 0 Å². The highest BCUT2D eigenvalue weighted by atomic mass is 127. The molecule has 1 aromatic carbocycles. The third-order valence-electron chi connectivity index (χ3n) is 3.08. The average molecular weight is 390 g/mol. The Morgan fingerprint density at radius 2 is 2.15 bits per heavy atom. The molecule has 6 heteroatoms. The Morgan fingerprint density at radius 3 is 2.60 bits per heavy atom. The maximum atomic E-state index is 12.4. The van der Waals surface area contributed by atoms with Gasteiger partial charge in [-0.3, -0.25) is 9.29 Å². The molecule has 0 fully saturated rings. The van der Waals surface area contributed by atoms with Gasteiger partial charge in [0.25, 0.3) is 0 Å². The zero-order valence-corrected chi connectivity index (χ0v) is 13.2. The summed E-state index contributed by atoms with van der Waals surface area (Å²) in [6, 6.07) is 11.1. The second-order valence-electron chi connectivity index (χ2n) is 4.58. The molecular weight excluding hydrogens is 374 g/mol. The summed E-state index contributed by atoms with van der Waals surface area (Å²) >= 11 is 1.99. The van der Waals surface area contributed by atoms with Crippen LogP contribution in [0.5, 0.6) is 0 Å². The van der Waals surface area contributed by atoms with E-state index in [-0.39, 0.29) is 12.8 Å². The number of nitriles is 1. The van der Waals surface area contributed by atoms with E-state index in [1.165, 1.54) is 6.92 Å². The second-order valence-corrected chi connectivity index (χ2v) is 5.76. The Hall–Kier alpha value is -1.36. The summed E-state index contributed by atoms with van der Waals surface area (Å²) in [4.78, 5) is 12.7. The molecule has 108 valence electrons. The number of rotatable bonds is 6. The van der Waals surface area contributed by atoms with E-state index in [2.05, 4.69) is 0 Å². The highest BCUT2D eigenvalue weighted by Gasteiger charge is 2.39. The minimum absolute atomic E-state index is 0.159. The molecule has 2 unspecified atom stereocenters. The van der Waals surface area contributed by atoms with Gasteiger partial charge < -0.3 is 5.11 Å². The second kappa shape index (κ2) is 7.43. The number of carbonyl (C=O) groups is 1. The quantitative estimate of drug-likeness (QED) is 0.451. The molecule has 0 spiro atoms. The SMILES string of the molecule is CC(C#N)(CCCF)N(C(=O)O)C(I)c1ccccc1. The molecule has 2 atom stereocenters. The Bertz CT molecular complexity index is 492. The van der Waals surface area contributed by atoms with E-state index < -0.39 is 22.4 Å². The number of hydrogen-bond donors (Lipinski definition) is 1. The zero-order chi connectivity index (χ0) is 15.2. The van der Waals surface area contributed by atoms with Gasteiger partial charge in [0.1, 0.15) is 9.59 Å². The number of benzene rings is 1. The Balaban J connectivity index is 3.10. The van der Waals surface area contributed by atoms with Crippen LogP contribution in [0, 0.1) is 11.3 Å². The number of nitrogens with zero attached hydrogens (tertiary/aromatic N) is 2. The maximum Gasteiger partial charge on any atom is 0.409 e. The van der Waals surface area contributed by atoms with Crippen molar-refractivity contribution in [3.63, 3.8) is 0 Å². The standard InChI is InChI=1S/C14H16FIN2O2/c1-14(10-17,8-5-9-15)18(13(19)20)12(16)11-6-3-2-4-7-11/h2-4,6-7,12H,5,8-9H2,1H3,(H,19,20). The molecule has 0 aromatic heterocycles. The first-order valence-electron chi connectivity index (χ1n) is 6.15. The van der Waals surface area contributed by atoms with Crippen molar-refractivity contribution >= 4 is 28.7 Å². The molecule has 0 aliphatic rings. The van der Waals surface area contributed by atoms with Gasteiger partial charge in [-0.1, -0.05) is 52.9 Å². The smallest absolute Gasteiger partial charge is 0.409 e. The fraction of sp³-hybridized carbons (Fsp3) is 0.429. The minimum Gasteiger partial charge on any atom is -0.465 e. The fourth-order valence-electron chi connectivity index (χ4n) is 1.96. The molecule has 0 saturated heterocycles. The molecule has 20 heavy (non-hydrogen) atoms. The van der Waals surface area contributed by atoms with Gasteiger partial charge in [-0.25, -0.2) is 4.79 Å². The first-order chi connectivity index (χ1) is 9.46. The molecular formula is C14H16FIN2O2. The summed E-state index contributed by atoms with van der Waals surface area (Å²) in [5, 5.41) is 18.8. The third-order valence-corrected chi connectivity index (χ3v) is 4.35. The average Bonchev–Trinajstić information content (AvgIpc) is 2.45. The van der Waals surface area contributed by atoms with Crippen molar-refractivity contribution in [2.24, 2.45) is 0 Å². The molecule has 1 N–H and O–H groups in total. The first-order valence-corrected chi connectivity index (χ1v) is 7.39. The van der Waals surface area contributed by atoms with Crippen molar-refractivity contribution in [1.82, 2.24) is 4.90 Å². The van der Waals surface area contributed by atoms with Crippen molar-refractivity contribution in [1.29, 1.82) is 5.26 Å². The van der Waals surface area contributed by atoms with Crippen LogP contribution < -0.4 is 0 Å². The van der Waals surface area contributed by atoms with E-state index in [1.807, 2.05) is 46.9 Å². The third kappa shape index (κ3) is 3.82. The van der Waals surface area contributed by atoms with Gasteiger partial charge in [-0.05, 0) is 25.3 Å². The van der Waals surface area contributed by atoms with Crippen LogP contribution in [0.3, 0.4) is 0 Å². The van der Waals surface area contributed by atoms with Crippen LogP contribution in [-0.4, -0.2) is 28.3 Å². The predicted molar refractivity (Wildman–Crippen MR) is 82.3 cm³/mol. The van der Waals surface area contributed by atoms with Gasteiger partial charge in [0.05, 0.1) is 12.7 Å². The molecule has 0 saturated carbocycles. The predicted octanol–water partition coefficient (Wildman–Crippen LogP) is 4.13. The van der Waals surface area contributed by atoms with Crippen molar-refractivity contribution in [3.8, 4) is 6.07 Å². The van der Waals surface area contributed by atoms with Crippen LogP contribution in [0.15, 0.2) is 30.3 Å². The topological polar surface area (TPSA) is 64.3 Å². The van der Waals surface area contributed by atoms with E-state index in [9.17, 15) is 19.6 Å². The lowest BCUT2D eigenvalue weighted by atomic mass is 9.95. The summed E-state index contributed by atoms with van der Waals surface area (Å²) in [6.45, 7) is 0.966. The molecule has 4 nitrogen and oxygen atoms in total. The van der Waals surface area contributed by atoms with Gasteiger partial charge in [-0.2, -0.15) is 5.26 Å². The number of carboxylic acid groups (broad SMARTS) is 1. The van der Waals surface area contributed by atoms with E-state index >= 15 is 0 Å². The monoisotopic (exact) mass is 390 g/mol. The van der Waals surface area contributed by atoms with E-state index in [1.54, 1.807) is 12.1 Å². The van der Waals surface area contributed by atoms with Crippen molar-refractivity contribution in [2.75, 3.05) is 6.67 Å². The maximum absolute atomic E-state index is 12.4. The van der Waals surface area contributed by atoms with Crippen LogP contribution in [0.4, 0.5) is 9.18 Å². The Morgan fingerprint density at radius 1 is 1.55 bits per heavy atom. The highest BCUT2D eigenvalue weighted by Crippen LogP contribution is 2.35. The van der Waals surface area contributed by atoms with E-state index in [4.69, 9.17) is 0 Å². The molecule has 1 aromatic rings. The first kappa shape index (κ1) is 16.7. The van der Waals surface area contributed by atoms with Crippen LogP contribution >= 0.6 is 22.6 Å². The molecule has 0 heterocycles. The number of hydrogen-bond acceptors (Lipinski definition) is 2. The van der Waals surface area contributed by atoms with Crippen LogP contribution in [0.25, 0.3) is 0 Å². The minimum atomic E-state index is -1.25. The molecule has 0 bridgehead atoms. The molecule has 0 aliphatic heterocycles. The molecule has 0 radical (unpaired) electrons. The van der Waals surface area contributed by atoms with Crippen molar-refractivity contribution < 1.29 is 14.3 Å². The number of amides is 1. The number of halogens is 2. The summed E-state index contributed by atoms with van der Waals surface area (Å²) in [6.07, 6.45) is -0.860. The lowest BCUT2D eigenvalue weighted by Gasteiger charge is -2.37. The van der Waals surface area contributed by atoms with Crippen molar-refractivity contribution in [2.45, 2.75) is 29.4 Å². The van der Waals surface area contributed by atoms with Crippen LogP contribution in [-0.2, 0) is 0 Å². The van der Waals surface area contributed by atoms with Gasteiger partial charge in [-0.15, -0.1) is 0 Å². The zero-order valence-electron chi connectivity index (χ0n) is 11.1. The molecule has 1 amide bonds. The lowest BCUT2D eigenvalue weighted by Crippen LogP contribution is -2.48. The van der Waals surface area contributed by atoms with Crippen molar-refractivity contribution in [3.05, 3.63) is 35.9 Å². The van der Waals surface area contributed by atoms with Gasteiger partial charge in [0.2, 0.25) is 0 Å². The largest absolute Gasteiger partial charge is 0.465 e. The number of alkyl halides is 2. The van der Waals surface area contributed by atoms with Crippen LogP contribution in [0.2, 0.25) is 0 Å². The van der Waals surface area contributed by atoms with Gasteiger partial charge >= 0.3 is 6.09 Å². The summed E-state index contributed by atoms with van der Waals surface area (Å²) in [5.41, 5.74) is -0.461. The highest BCUT2D eigenvalue weighted by molar-refractivity contribution is 14.1. The van der Waals surface area contributed by atoms with E-state index in [0.717, 1.165) is 10.5 Å². The molecule has 1 rings (SSSR count). The van der Waals surface area contributed by atoms with Gasteiger partial charge in [0.15, 0.2) is 0 Å². The Labute approximate surface area is 131 Å². The lowest BCUT2D eigenvalue weighted by molar-refractivity contribution is 0.0979. The fourth-order valence-corrected chi connectivity index (χ4v) is 3.23. The molecule has 0 aliphatic carbocycles. The van der Waals surface area contributed by atoms with Gasteiger partial charge in [0, 0.05) is 0 Å².